The Morgan fingerprint density at radius 1 is 1.12 bits per heavy atom. The van der Waals surface area contributed by atoms with Crippen LogP contribution in [-0.2, 0) is 14.9 Å². The van der Waals surface area contributed by atoms with Gasteiger partial charge in [-0.1, -0.05) is 26.0 Å². The Balaban J connectivity index is 2.53. The number of guanidine groups is 1. The number of aliphatic imine (C=N–C) groups is 1. The maximum atomic E-state index is 5.47. The maximum Gasteiger partial charge on any atom is 0.191 e. The lowest BCUT2D eigenvalue weighted by Crippen LogP contribution is -2.39. The smallest absolute Gasteiger partial charge is 0.191 e. The molecular formula is C20H35N3O3. The molecule has 0 spiro atoms. The quantitative estimate of drug-likeness (QED) is 0.339. The van der Waals surface area contributed by atoms with Crippen LogP contribution in [0.15, 0.2) is 29.3 Å². The predicted molar refractivity (Wildman–Crippen MR) is 107 cm³/mol. The largest absolute Gasteiger partial charge is 0.497 e. The van der Waals surface area contributed by atoms with E-state index in [-0.39, 0.29) is 5.41 Å². The van der Waals surface area contributed by atoms with Crippen LogP contribution < -0.4 is 15.4 Å². The Hall–Kier alpha value is -1.79. The van der Waals surface area contributed by atoms with E-state index in [9.17, 15) is 0 Å². The van der Waals surface area contributed by atoms with Gasteiger partial charge in [0.15, 0.2) is 5.96 Å². The first-order valence-electron chi connectivity index (χ1n) is 9.27. The highest BCUT2D eigenvalue weighted by molar-refractivity contribution is 5.79. The monoisotopic (exact) mass is 365 g/mol. The number of hydrogen-bond acceptors (Lipinski definition) is 4. The lowest BCUT2D eigenvalue weighted by molar-refractivity contribution is 0.0698. The van der Waals surface area contributed by atoms with E-state index in [1.165, 1.54) is 5.56 Å². The van der Waals surface area contributed by atoms with Gasteiger partial charge in [-0.2, -0.15) is 0 Å². The standard InChI is InChI=1S/C20H35N3O3/c1-6-21-19(22-11-8-12-26-14-13-24-4)23-16-20(2,3)17-9-7-10-18(15-17)25-5/h7,9-10,15H,6,8,11-14,16H2,1-5H3,(H2,21,22,23). The number of hydrogen-bond donors (Lipinski definition) is 2. The summed E-state index contributed by atoms with van der Waals surface area (Å²) in [7, 11) is 3.37. The van der Waals surface area contributed by atoms with Gasteiger partial charge in [0.1, 0.15) is 5.75 Å². The van der Waals surface area contributed by atoms with Crippen molar-refractivity contribution in [2.75, 3.05) is 53.7 Å². The number of nitrogens with zero attached hydrogens (tertiary/aromatic N) is 1. The predicted octanol–water partition coefficient (Wildman–Crippen LogP) is 2.58. The van der Waals surface area contributed by atoms with Crippen LogP contribution in [0.4, 0.5) is 0 Å². The maximum absolute atomic E-state index is 5.47. The van der Waals surface area contributed by atoms with Gasteiger partial charge in [0.25, 0.3) is 0 Å². The molecule has 148 valence electrons. The minimum atomic E-state index is -0.0832. The number of methoxy groups -OCH3 is 2. The molecule has 1 rings (SSSR count). The van der Waals surface area contributed by atoms with Crippen LogP contribution in [0.1, 0.15) is 32.8 Å². The zero-order valence-corrected chi connectivity index (χ0v) is 16.9. The van der Waals surface area contributed by atoms with Gasteiger partial charge in [-0.05, 0) is 31.0 Å². The molecule has 0 saturated heterocycles. The third-order valence-electron chi connectivity index (χ3n) is 4.02. The summed E-state index contributed by atoms with van der Waals surface area (Å²) in [5.41, 5.74) is 1.13. The molecule has 0 heterocycles. The molecule has 0 saturated carbocycles. The molecule has 0 aromatic heterocycles. The van der Waals surface area contributed by atoms with Crippen molar-refractivity contribution in [1.29, 1.82) is 0 Å². The van der Waals surface area contributed by atoms with E-state index in [1.807, 2.05) is 12.1 Å². The molecule has 1 aromatic rings. The molecule has 1 aromatic carbocycles. The third-order valence-corrected chi connectivity index (χ3v) is 4.02. The van der Waals surface area contributed by atoms with Gasteiger partial charge in [-0.3, -0.25) is 4.99 Å². The van der Waals surface area contributed by atoms with E-state index in [4.69, 9.17) is 19.2 Å². The summed E-state index contributed by atoms with van der Waals surface area (Å²) in [6, 6.07) is 8.18. The SMILES string of the molecule is CCNC(=NCC(C)(C)c1cccc(OC)c1)NCCCOCCOC. The Morgan fingerprint density at radius 2 is 1.92 bits per heavy atom. The summed E-state index contributed by atoms with van der Waals surface area (Å²) in [5.74, 6) is 1.71. The molecule has 0 bridgehead atoms. The molecule has 0 aliphatic heterocycles. The minimum Gasteiger partial charge on any atom is -0.497 e. The first-order valence-corrected chi connectivity index (χ1v) is 9.27. The number of benzene rings is 1. The van der Waals surface area contributed by atoms with Crippen molar-refractivity contribution >= 4 is 5.96 Å². The number of nitrogens with one attached hydrogen (secondary N) is 2. The van der Waals surface area contributed by atoms with Crippen molar-refractivity contribution in [1.82, 2.24) is 10.6 Å². The average molecular weight is 366 g/mol. The third kappa shape index (κ3) is 8.54. The first-order chi connectivity index (χ1) is 12.5. The Kier molecular flexibility index (Phi) is 10.7. The molecule has 0 atom stereocenters. The van der Waals surface area contributed by atoms with Crippen molar-refractivity contribution in [3.63, 3.8) is 0 Å². The highest BCUT2D eigenvalue weighted by Gasteiger charge is 2.21. The van der Waals surface area contributed by atoms with Crippen LogP contribution in [0.3, 0.4) is 0 Å². The van der Waals surface area contributed by atoms with Crippen LogP contribution in [0.5, 0.6) is 5.75 Å². The molecule has 0 unspecified atom stereocenters. The van der Waals surface area contributed by atoms with Gasteiger partial charge in [0.2, 0.25) is 0 Å². The van der Waals surface area contributed by atoms with E-state index >= 15 is 0 Å². The summed E-state index contributed by atoms with van der Waals surface area (Å²) >= 11 is 0. The van der Waals surface area contributed by atoms with Crippen molar-refractivity contribution < 1.29 is 14.2 Å². The van der Waals surface area contributed by atoms with Gasteiger partial charge in [-0.15, -0.1) is 0 Å². The van der Waals surface area contributed by atoms with Gasteiger partial charge in [-0.25, -0.2) is 0 Å². The minimum absolute atomic E-state index is 0.0832. The van der Waals surface area contributed by atoms with Crippen molar-refractivity contribution in [3.05, 3.63) is 29.8 Å². The lowest BCUT2D eigenvalue weighted by Gasteiger charge is -2.24. The molecule has 0 radical (unpaired) electrons. The Bertz CT molecular complexity index is 533. The molecule has 0 aliphatic carbocycles. The number of rotatable bonds is 12. The highest BCUT2D eigenvalue weighted by Crippen LogP contribution is 2.26. The molecule has 6 heteroatoms. The second-order valence-corrected chi connectivity index (χ2v) is 6.70. The summed E-state index contributed by atoms with van der Waals surface area (Å²) in [6.45, 7) is 10.8. The molecular weight excluding hydrogens is 330 g/mol. The fourth-order valence-electron chi connectivity index (χ4n) is 2.38. The Morgan fingerprint density at radius 3 is 2.62 bits per heavy atom. The van der Waals surface area contributed by atoms with Gasteiger partial charge in [0, 0.05) is 32.2 Å². The van der Waals surface area contributed by atoms with Crippen LogP contribution in [0, 0.1) is 0 Å². The molecule has 2 N–H and O–H groups in total. The summed E-state index contributed by atoms with van der Waals surface area (Å²) in [6.07, 6.45) is 0.924. The van der Waals surface area contributed by atoms with Crippen LogP contribution in [0.25, 0.3) is 0 Å². The van der Waals surface area contributed by atoms with E-state index in [0.717, 1.165) is 31.2 Å². The second kappa shape index (κ2) is 12.5. The van der Waals surface area contributed by atoms with E-state index < -0.39 is 0 Å². The zero-order valence-electron chi connectivity index (χ0n) is 16.9. The molecule has 0 amide bonds. The topological polar surface area (TPSA) is 64.1 Å². The Labute approximate surface area is 158 Å². The summed E-state index contributed by atoms with van der Waals surface area (Å²) in [4.78, 5) is 4.76. The van der Waals surface area contributed by atoms with Crippen molar-refractivity contribution in [3.8, 4) is 5.75 Å². The van der Waals surface area contributed by atoms with Gasteiger partial charge < -0.3 is 24.8 Å². The van der Waals surface area contributed by atoms with E-state index in [2.05, 4.69) is 43.5 Å². The normalized spacial score (nSPS) is 12.1. The molecule has 26 heavy (non-hydrogen) atoms. The fraction of sp³-hybridized carbons (Fsp3) is 0.650. The van der Waals surface area contributed by atoms with Gasteiger partial charge in [0.05, 0.1) is 26.9 Å². The molecule has 0 fully saturated rings. The van der Waals surface area contributed by atoms with E-state index in [0.29, 0.717) is 26.4 Å². The summed E-state index contributed by atoms with van der Waals surface area (Å²) in [5, 5.41) is 6.65. The van der Waals surface area contributed by atoms with Crippen LogP contribution in [-0.4, -0.2) is 59.6 Å². The highest BCUT2D eigenvalue weighted by atomic mass is 16.5. The molecule has 6 nitrogen and oxygen atoms in total. The van der Waals surface area contributed by atoms with Crippen LogP contribution in [0.2, 0.25) is 0 Å². The lowest BCUT2D eigenvalue weighted by atomic mass is 9.85. The first kappa shape index (κ1) is 22.3. The van der Waals surface area contributed by atoms with Crippen LogP contribution >= 0.6 is 0 Å². The zero-order chi connectivity index (χ0) is 19.3. The van der Waals surface area contributed by atoms with Crippen molar-refractivity contribution in [2.24, 2.45) is 4.99 Å². The fourth-order valence-corrected chi connectivity index (χ4v) is 2.38. The summed E-state index contributed by atoms with van der Waals surface area (Å²) < 4.78 is 15.8. The molecule has 0 aliphatic rings. The number of ether oxygens (including phenoxy) is 3. The van der Waals surface area contributed by atoms with Crippen molar-refractivity contribution in [2.45, 2.75) is 32.6 Å². The second-order valence-electron chi connectivity index (χ2n) is 6.70. The average Bonchev–Trinajstić information content (AvgIpc) is 2.65. The van der Waals surface area contributed by atoms with Gasteiger partial charge >= 0.3 is 0 Å². The van der Waals surface area contributed by atoms with E-state index in [1.54, 1.807) is 14.2 Å².